The number of carbonyl (C=O) groups excluding carboxylic acids is 2. The second-order valence-electron chi connectivity index (χ2n) is 7.06. The Labute approximate surface area is 124 Å². The van der Waals surface area contributed by atoms with Gasteiger partial charge in [-0.25, -0.2) is 4.79 Å². The van der Waals surface area contributed by atoms with Gasteiger partial charge in [-0.15, -0.1) is 0 Å². The summed E-state index contributed by atoms with van der Waals surface area (Å²) in [7, 11) is 0. The molecule has 0 aromatic heterocycles. The van der Waals surface area contributed by atoms with Gasteiger partial charge in [-0.2, -0.15) is 0 Å². The van der Waals surface area contributed by atoms with Gasteiger partial charge in [-0.05, 0) is 20.8 Å². The van der Waals surface area contributed by atoms with Crippen molar-refractivity contribution in [1.82, 2.24) is 15.1 Å². The average molecular weight is 297 g/mol. The number of piperazine rings is 1. The van der Waals surface area contributed by atoms with Crippen LogP contribution in [0.15, 0.2) is 0 Å². The molecule has 0 unspecified atom stereocenters. The van der Waals surface area contributed by atoms with Gasteiger partial charge in [-0.3, -0.25) is 9.69 Å². The summed E-state index contributed by atoms with van der Waals surface area (Å²) < 4.78 is 10.8. The summed E-state index contributed by atoms with van der Waals surface area (Å²) in [6.45, 7) is 9.16. The summed E-state index contributed by atoms with van der Waals surface area (Å²) in [4.78, 5) is 27.9. The fraction of sp³-hybridized carbons (Fsp3) is 0.857. The van der Waals surface area contributed by atoms with Crippen LogP contribution in [0.2, 0.25) is 0 Å². The van der Waals surface area contributed by atoms with Crippen molar-refractivity contribution in [3.05, 3.63) is 0 Å². The average Bonchev–Trinajstić information content (AvgIpc) is 2.35. The third kappa shape index (κ3) is 2.60. The number of ether oxygens (including phenoxy) is 2. The molecule has 3 aliphatic heterocycles. The zero-order valence-electron chi connectivity index (χ0n) is 12.8. The normalized spacial score (nSPS) is 28.6. The number of likely N-dealkylation sites (tertiary alicyclic amines) is 1. The first-order valence-corrected chi connectivity index (χ1v) is 7.41. The second kappa shape index (κ2) is 4.84. The molecule has 3 aliphatic rings. The molecule has 2 amide bonds. The van der Waals surface area contributed by atoms with Crippen molar-refractivity contribution in [2.45, 2.75) is 38.0 Å². The topological polar surface area (TPSA) is 71.1 Å². The summed E-state index contributed by atoms with van der Waals surface area (Å²) in [5.74, 6) is 0.0241. The molecule has 3 fully saturated rings. The van der Waals surface area contributed by atoms with Gasteiger partial charge in [0, 0.05) is 26.2 Å². The van der Waals surface area contributed by atoms with E-state index < -0.39 is 5.60 Å². The van der Waals surface area contributed by atoms with Crippen molar-refractivity contribution in [2.24, 2.45) is 0 Å². The summed E-state index contributed by atoms with van der Waals surface area (Å²) in [6.07, 6.45) is -0.283. The van der Waals surface area contributed by atoms with Crippen LogP contribution in [0.25, 0.3) is 0 Å². The van der Waals surface area contributed by atoms with E-state index in [2.05, 4.69) is 10.2 Å². The van der Waals surface area contributed by atoms with Gasteiger partial charge in [-0.1, -0.05) is 0 Å². The van der Waals surface area contributed by atoms with E-state index in [1.165, 1.54) is 0 Å². The maximum atomic E-state index is 12.1. The van der Waals surface area contributed by atoms with Gasteiger partial charge in [0.2, 0.25) is 5.91 Å². The molecule has 3 heterocycles. The van der Waals surface area contributed by atoms with Gasteiger partial charge in [0.25, 0.3) is 0 Å². The standard InChI is InChI=1S/C14H23N3O4/c1-13(2,3)21-12(19)16-8-14(9-16)7-15-11(18)10-6-20-5-4-17(10)14/h10H,4-9H2,1-3H3,(H,15,18)/t10-/m0/s1. The number of nitrogens with zero attached hydrogens (tertiary/aromatic N) is 2. The van der Waals surface area contributed by atoms with Crippen LogP contribution in [0, 0.1) is 0 Å². The highest BCUT2D eigenvalue weighted by atomic mass is 16.6. The van der Waals surface area contributed by atoms with Crippen LogP contribution < -0.4 is 5.32 Å². The highest BCUT2D eigenvalue weighted by Crippen LogP contribution is 2.34. The van der Waals surface area contributed by atoms with Crippen LogP contribution in [0.1, 0.15) is 20.8 Å². The molecule has 1 N–H and O–H groups in total. The minimum atomic E-state index is -0.484. The first-order valence-electron chi connectivity index (χ1n) is 7.41. The Hall–Kier alpha value is -1.34. The fourth-order valence-electron chi connectivity index (χ4n) is 3.27. The van der Waals surface area contributed by atoms with E-state index in [-0.39, 0.29) is 23.6 Å². The van der Waals surface area contributed by atoms with Crippen LogP contribution in [-0.2, 0) is 14.3 Å². The first kappa shape index (κ1) is 14.6. The van der Waals surface area contributed by atoms with Crippen LogP contribution in [-0.4, -0.2) is 78.4 Å². The summed E-state index contributed by atoms with van der Waals surface area (Å²) >= 11 is 0. The van der Waals surface area contributed by atoms with Crippen LogP contribution in [0.3, 0.4) is 0 Å². The molecule has 0 aliphatic carbocycles. The maximum Gasteiger partial charge on any atom is 0.410 e. The third-order valence-electron chi connectivity index (χ3n) is 4.25. The minimum absolute atomic E-state index is 0.0241. The third-order valence-corrected chi connectivity index (χ3v) is 4.25. The molecule has 7 heteroatoms. The SMILES string of the molecule is CC(C)(C)OC(=O)N1CC2(CNC(=O)[C@@H]3COCCN32)C1. The maximum absolute atomic E-state index is 12.1. The lowest BCUT2D eigenvalue weighted by Crippen LogP contribution is -2.82. The molecule has 1 spiro atoms. The van der Waals surface area contributed by atoms with Crippen LogP contribution in [0.4, 0.5) is 4.79 Å². The number of morpholine rings is 1. The van der Waals surface area contributed by atoms with Crippen molar-refractivity contribution in [1.29, 1.82) is 0 Å². The Bertz CT molecular complexity index is 454. The molecule has 118 valence electrons. The Morgan fingerprint density at radius 1 is 1.43 bits per heavy atom. The lowest BCUT2D eigenvalue weighted by Gasteiger charge is -2.60. The Morgan fingerprint density at radius 3 is 2.81 bits per heavy atom. The summed E-state index contributed by atoms with van der Waals surface area (Å²) in [6, 6.07) is -0.228. The van der Waals surface area contributed by atoms with E-state index in [0.717, 1.165) is 6.54 Å². The number of amides is 2. The Morgan fingerprint density at radius 2 is 2.14 bits per heavy atom. The predicted molar refractivity (Wildman–Crippen MR) is 74.9 cm³/mol. The quantitative estimate of drug-likeness (QED) is 0.671. The second-order valence-corrected chi connectivity index (χ2v) is 7.06. The van der Waals surface area contributed by atoms with E-state index >= 15 is 0 Å². The highest BCUT2D eigenvalue weighted by Gasteiger charge is 2.56. The number of carbonyl (C=O) groups is 2. The van der Waals surface area contributed by atoms with Gasteiger partial charge in [0.15, 0.2) is 0 Å². The smallest absolute Gasteiger partial charge is 0.410 e. The van der Waals surface area contributed by atoms with E-state index in [1.807, 2.05) is 20.8 Å². The van der Waals surface area contributed by atoms with Crippen LogP contribution >= 0.6 is 0 Å². The minimum Gasteiger partial charge on any atom is -0.444 e. The number of rotatable bonds is 0. The van der Waals surface area contributed by atoms with Gasteiger partial charge in [0.1, 0.15) is 11.6 Å². The molecule has 0 aromatic carbocycles. The zero-order valence-corrected chi connectivity index (χ0v) is 12.8. The molecule has 0 aromatic rings. The molecular weight excluding hydrogens is 274 g/mol. The van der Waals surface area contributed by atoms with Crippen molar-refractivity contribution in [2.75, 3.05) is 39.4 Å². The Kier molecular flexibility index (Phi) is 3.37. The Balaban J connectivity index is 1.65. The predicted octanol–water partition coefficient (Wildman–Crippen LogP) is -0.193. The molecule has 7 nitrogen and oxygen atoms in total. The van der Waals surface area contributed by atoms with E-state index in [9.17, 15) is 9.59 Å². The highest BCUT2D eigenvalue weighted by molar-refractivity contribution is 5.83. The molecule has 0 saturated carbocycles. The molecule has 21 heavy (non-hydrogen) atoms. The lowest BCUT2D eigenvalue weighted by molar-refractivity contribution is -0.162. The van der Waals surface area contributed by atoms with Gasteiger partial charge >= 0.3 is 6.09 Å². The molecular formula is C14H23N3O4. The first-order chi connectivity index (χ1) is 9.81. The van der Waals surface area contributed by atoms with Crippen LogP contribution in [0.5, 0.6) is 0 Å². The van der Waals surface area contributed by atoms with Crippen molar-refractivity contribution >= 4 is 12.0 Å². The molecule has 0 radical (unpaired) electrons. The molecule has 3 saturated heterocycles. The van der Waals surface area contributed by atoms with E-state index in [1.54, 1.807) is 4.90 Å². The zero-order chi connectivity index (χ0) is 15.3. The van der Waals surface area contributed by atoms with Crippen molar-refractivity contribution in [3.8, 4) is 0 Å². The monoisotopic (exact) mass is 297 g/mol. The molecule has 3 rings (SSSR count). The lowest BCUT2D eigenvalue weighted by atomic mass is 9.83. The van der Waals surface area contributed by atoms with E-state index in [4.69, 9.17) is 9.47 Å². The van der Waals surface area contributed by atoms with Crippen molar-refractivity contribution in [3.63, 3.8) is 0 Å². The molecule has 1 atom stereocenters. The van der Waals surface area contributed by atoms with E-state index in [0.29, 0.717) is 32.8 Å². The number of fused-ring (bicyclic) bond motifs is 2. The number of nitrogens with one attached hydrogen (secondary N) is 1. The van der Waals surface area contributed by atoms with Crippen molar-refractivity contribution < 1.29 is 19.1 Å². The summed E-state index contributed by atoms with van der Waals surface area (Å²) in [5, 5.41) is 2.94. The largest absolute Gasteiger partial charge is 0.444 e. The van der Waals surface area contributed by atoms with Gasteiger partial charge < -0.3 is 19.7 Å². The van der Waals surface area contributed by atoms with Gasteiger partial charge in [0.05, 0.1) is 18.8 Å². The number of hydrogen-bond donors (Lipinski definition) is 1. The summed E-state index contributed by atoms with van der Waals surface area (Å²) in [5.41, 5.74) is -0.638. The molecule has 0 bridgehead atoms. The fourth-order valence-corrected chi connectivity index (χ4v) is 3.27. The number of hydrogen-bond acceptors (Lipinski definition) is 5.